The highest BCUT2D eigenvalue weighted by molar-refractivity contribution is 5.68. The van der Waals surface area contributed by atoms with E-state index in [2.05, 4.69) is 15.4 Å². The second-order valence-electron chi connectivity index (χ2n) is 4.72. The summed E-state index contributed by atoms with van der Waals surface area (Å²) in [5, 5.41) is 7.82. The number of nitrogens with one attached hydrogen (secondary N) is 1. The zero-order valence-electron chi connectivity index (χ0n) is 9.93. The van der Waals surface area contributed by atoms with Gasteiger partial charge in [-0.15, -0.1) is 0 Å². The Morgan fingerprint density at radius 2 is 2.41 bits per heavy atom. The first-order valence-electron chi connectivity index (χ1n) is 6.05. The van der Waals surface area contributed by atoms with Gasteiger partial charge in [-0.25, -0.2) is 9.50 Å². The molecule has 1 unspecified atom stereocenters. The minimum Gasteiger partial charge on any atom is -0.364 e. The largest absolute Gasteiger partial charge is 0.364 e. The predicted molar refractivity (Wildman–Crippen MR) is 66.9 cm³/mol. The van der Waals surface area contributed by atoms with Gasteiger partial charge in [0, 0.05) is 25.0 Å². The molecule has 0 aliphatic heterocycles. The van der Waals surface area contributed by atoms with Crippen molar-refractivity contribution in [2.75, 3.05) is 11.9 Å². The molecule has 0 bridgehead atoms. The molecular weight excluding hydrogens is 214 g/mol. The van der Waals surface area contributed by atoms with Crippen LogP contribution in [0.3, 0.4) is 0 Å². The van der Waals surface area contributed by atoms with Crippen LogP contribution in [0.4, 0.5) is 5.82 Å². The maximum atomic E-state index is 5.80. The SMILES string of the molecule is Cc1cc2c(NC(CN)C3CC3)nccn2n1. The first-order valence-corrected chi connectivity index (χ1v) is 6.05. The van der Waals surface area contributed by atoms with Crippen molar-refractivity contribution >= 4 is 11.3 Å². The molecule has 0 amide bonds. The van der Waals surface area contributed by atoms with E-state index in [4.69, 9.17) is 5.73 Å². The average Bonchev–Trinajstić information content (AvgIpc) is 3.07. The van der Waals surface area contributed by atoms with Gasteiger partial charge in [0.15, 0.2) is 5.82 Å². The van der Waals surface area contributed by atoms with E-state index in [1.165, 1.54) is 12.8 Å². The minimum absolute atomic E-state index is 0.337. The molecular formula is C12H17N5. The molecule has 2 aromatic rings. The number of aromatic nitrogens is 3. The van der Waals surface area contributed by atoms with Crippen molar-refractivity contribution in [1.82, 2.24) is 14.6 Å². The van der Waals surface area contributed by atoms with Gasteiger partial charge in [0.05, 0.1) is 5.69 Å². The van der Waals surface area contributed by atoms with E-state index in [1.807, 2.05) is 23.7 Å². The van der Waals surface area contributed by atoms with E-state index in [9.17, 15) is 0 Å². The topological polar surface area (TPSA) is 68.2 Å². The minimum atomic E-state index is 0.337. The fraction of sp³-hybridized carbons (Fsp3) is 0.500. The Balaban J connectivity index is 1.93. The third-order valence-electron chi connectivity index (χ3n) is 3.28. The summed E-state index contributed by atoms with van der Waals surface area (Å²) in [6.07, 6.45) is 6.18. The van der Waals surface area contributed by atoms with Crippen molar-refractivity contribution < 1.29 is 0 Å². The van der Waals surface area contributed by atoms with Crippen LogP contribution in [0.15, 0.2) is 18.5 Å². The van der Waals surface area contributed by atoms with Crippen LogP contribution >= 0.6 is 0 Å². The van der Waals surface area contributed by atoms with Gasteiger partial charge in [-0.05, 0) is 31.7 Å². The van der Waals surface area contributed by atoms with E-state index in [-0.39, 0.29) is 0 Å². The number of fused-ring (bicyclic) bond motifs is 1. The third kappa shape index (κ3) is 1.98. The summed E-state index contributed by atoms with van der Waals surface area (Å²) in [4.78, 5) is 4.39. The first-order chi connectivity index (χ1) is 8.28. The normalized spacial score (nSPS) is 17.3. The van der Waals surface area contributed by atoms with Crippen LogP contribution in [0.5, 0.6) is 0 Å². The van der Waals surface area contributed by atoms with Gasteiger partial charge >= 0.3 is 0 Å². The maximum absolute atomic E-state index is 5.80. The Bertz CT molecular complexity index is 529. The van der Waals surface area contributed by atoms with Gasteiger partial charge in [0.1, 0.15) is 5.52 Å². The Morgan fingerprint density at radius 1 is 1.59 bits per heavy atom. The van der Waals surface area contributed by atoms with Crippen molar-refractivity contribution in [2.24, 2.45) is 11.7 Å². The van der Waals surface area contributed by atoms with Gasteiger partial charge in [-0.2, -0.15) is 5.10 Å². The molecule has 0 aromatic carbocycles. The lowest BCUT2D eigenvalue weighted by molar-refractivity contribution is 0.642. The summed E-state index contributed by atoms with van der Waals surface area (Å²) in [5.41, 5.74) is 7.81. The molecule has 5 heteroatoms. The lowest BCUT2D eigenvalue weighted by Gasteiger charge is -2.16. The van der Waals surface area contributed by atoms with Crippen LogP contribution < -0.4 is 11.1 Å². The fourth-order valence-electron chi connectivity index (χ4n) is 2.20. The Kier molecular flexibility index (Phi) is 2.48. The molecule has 3 rings (SSSR count). The van der Waals surface area contributed by atoms with Crippen LogP contribution in [0.25, 0.3) is 5.52 Å². The summed E-state index contributed by atoms with van der Waals surface area (Å²) in [7, 11) is 0. The lowest BCUT2D eigenvalue weighted by Crippen LogP contribution is -2.31. The molecule has 0 saturated heterocycles. The number of rotatable bonds is 4. The van der Waals surface area contributed by atoms with Gasteiger partial charge in [0.25, 0.3) is 0 Å². The zero-order valence-corrected chi connectivity index (χ0v) is 9.93. The van der Waals surface area contributed by atoms with Crippen LogP contribution in [0, 0.1) is 12.8 Å². The molecule has 5 nitrogen and oxygen atoms in total. The van der Waals surface area contributed by atoms with Crippen molar-refractivity contribution in [3.63, 3.8) is 0 Å². The molecule has 17 heavy (non-hydrogen) atoms. The van der Waals surface area contributed by atoms with Crippen molar-refractivity contribution in [3.8, 4) is 0 Å². The van der Waals surface area contributed by atoms with E-state index < -0.39 is 0 Å². The molecule has 1 aliphatic rings. The standard InChI is InChI=1S/C12H17N5/c1-8-6-11-12(14-4-5-17(11)16-8)15-10(7-13)9-2-3-9/h4-6,9-10H,2-3,7,13H2,1H3,(H,14,15). The van der Waals surface area contributed by atoms with Crippen LogP contribution in [-0.2, 0) is 0 Å². The lowest BCUT2D eigenvalue weighted by atomic mass is 10.2. The van der Waals surface area contributed by atoms with Gasteiger partial charge < -0.3 is 11.1 Å². The van der Waals surface area contributed by atoms with Crippen LogP contribution in [0.1, 0.15) is 18.5 Å². The molecule has 1 aliphatic carbocycles. The molecule has 1 saturated carbocycles. The highest BCUT2D eigenvalue weighted by atomic mass is 15.2. The zero-order chi connectivity index (χ0) is 11.8. The summed E-state index contributed by atoms with van der Waals surface area (Å²) in [6, 6.07) is 2.37. The van der Waals surface area contributed by atoms with Crippen molar-refractivity contribution in [2.45, 2.75) is 25.8 Å². The number of hydrogen-bond acceptors (Lipinski definition) is 4. The molecule has 3 N–H and O–H groups in total. The number of aryl methyl sites for hydroxylation is 1. The second kappa shape index (κ2) is 4.00. The average molecular weight is 231 g/mol. The summed E-state index contributed by atoms with van der Waals surface area (Å²) >= 11 is 0. The third-order valence-corrected chi connectivity index (χ3v) is 3.28. The summed E-state index contributed by atoms with van der Waals surface area (Å²) in [6.45, 7) is 2.64. The van der Waals surface area contributed by atoms with E-state index in [0.717, 1.165) is 17.0 Å². The molecule has 0 spiro atoms. The summed E-state index contributed by atoms with van der Waals surface area (Å²) in [5.74, 6) is 1.60. The first kappa shape index (κ1) is 10.5. The van der Waals surface area contributed by atoms with Crippen LogP contribution in [0.2, 0.25) is 0 Å². The quantitative estimate of drug-likeness (QED) is 0.829. The molecule has 0 radical (unpaired) electrons. The fourth-order valence-corrected chi connectivity index (χ4v) is 2.20. The highest BCUT2D eigenvalue weighted by Gasteiger charge is 2.30. The summed E-state index contributed by atoms with van der Waals surface area (Å²) < 4.78 is 1.85. The van der Waals surface area contributed by atoms with Gasteiger partial charge in [0.2, 0.25) is 0 Å². The number of nitrogens with zero attached hydrogens (tertiary/aromatic N) is 3. The number of anilines is 1. The predicted octanol–water partition coefficient (Wildman–Crippen LogP) is 1.19. The molecule has 1 atom stereocenters. The smallest absolute Gasteiger partial charge is 0.152 e. The van der Waals surface area contributed by atoms with Gasteiger partial charge in [-0.1, -0.05) is 0 Å². The Morgan fingerprint density at radius 3 is 3.12 bits per heavy atom. The molecule has 2 heterocycles. The van der Waals surface area contributed by atoms with E-state index in [0.29, 0.717) is 18.5 Å². The van der Waals surface area contributed by atoms with Crippen LogP contribution in [-0.4, -0.2) is 27.2 Å². The maximum Gasteiger partial charge on any atom is 0.152 e. The number of nitrogens with two attached hydrogens (primary N) is 1. The molecule has 90 valence electrons. The van der Waals surface area contributed by atoms with Crippen molar-refractivity contribution in [3.05, 3.63) is 24.2 Å². The highest BCUT2D eigenvalue weighted by Crippen LogP contribution is 2.34. The number of hydrogen-bond donors (Lipinski definition) is 2. The Hall–Kier alpha value is -1.62. The molecule has 2 aromatic heterocycles. The van der Waals surface area contributed by atoms with E-state index >= 15 is 0 Å². The Labute approximate surface area is 100 Å². The molecule has 1 fully saturated rings. The monoisotopic (exact) mass is 231 g/mol. The van der Waals surface area contributed by atoms with E-state index in [1.54, 1.807) is 6.20 Å². The second-order valence-corrected chi connectivity index (χ2v) is 4.72. The van der Waals surface area contributed by atoms with Gasteiger partial charge in [-0.3, -0.25) is 0 Å². The van der Waals surface area contributed by atoms with Crippen molar-refractivity contribution in [1.29, 1.82) is 0 Å².